The zero-order valence-electron chi connectivity index (χ0n) is 19.4. The number of hydrogen-bond donors (Lipinski definition) is 0. The van der Waals surface area contributed by atoms with Crippen molar-refractivity contribution in [1.82, 2.24) is 24.6 Å². The summed E-state index contributed by atoms with van der Waals surface area (Å²) in [6, 6.07) is 5.47. The van der Waals surface area contributed by atoms with Crippen LogP contribution in [0.1, 0.15) is 31.2 Å². The van der Waals surface area contributed by atoms with Gasteiger partial charge in [0, 0.05) is 56.0 Å². The summed E-state index contributed by atoms with van der Waals surface area (Å²) >= 11 is 0. The quantitative estimate of drug-likeness (QED) is 0.675. The van der Waals surface area contributed by atoms with E-state index in [4.69, 9.17) is 9.47 Å². The maximum Gasteiger partial charge on any atom is 0.227 e. The molecule has 1 spiro atoms. The van der Waals surface area contributed by atoms with Gasteiger partial charge < -0.3 is 23.8 Å². The van der Waals surface area contributed by atoms with Gasteiger partial charge in [0.05, 0.1) is 20.6 Å². The Kier molecular flexibility index (Phi) is 5.83. The number of benzene rings is 1. The van der Waals surface area contributed by atoms with E-state index >= 15 is 0 Å². The zero-order chi connectivity index (χ0) is 23.0. The number of amides is 2. The summed E-state index contributed by atoms with van der Waals surface area (Å²) in [4.78, 5) is 29.6. The van der Waals surface area contributed by atoms with Crippen molar-refractivity contribution in [3.63, 3.8) is 0 Å². The van der Waals surface area contributed by atoms with Crippen LogP contribution < -0.4 is 9.47 Å². The molecular formula is C23H31N5O4. The second-order valence-electron chi connectivity index (χ2n) is 9.19. The number of rotatable bonds is 6. The Balaban J connectivity index is 1.51. The Morgan fingerprint density at radius 1 is 1.16 bits per heavy atom. The molecule has 0 aliphatic carbocycles. The first-order chi connectivity index (χ1) is 15.3. The maximum absolute atomic E-state index is 13.1. The normalized spacial score (nSPS) is 19.4. The number of aromatic nitrogens is 3. The molecule has 2 aliphatic heterocycles. The topological polar surface area (TPSA) is 89.8 Å². The van der Waals surface area contributed by atoms with E-state index in [1.807, 2.05) is 53.5 Å². The predicted molar refractivity (Wildman–Crippen MR) is 117 cm³/mol. The highest BCUT2D eigenvalue weighted by Gasteiger charge is 2.58. The van der Waals surface area contributed by atoms with Crippen molar-refractivity contribution in [2.75, 3.05) is 40.4 Å². The van der Waals surface area contributed by atoms with E-state index in [0.29, 0.717) is 37.7 Å². The van der Waals surface area contributed by atoms with E-state index in [1.54, 1.807) is 20.5 Å². The van der Waals surface area contributed by atoms with Crippen LogP contribution in [0.4, 0.5) is 0 Å². The molecule has 0 N–H and O–H groups in total. The van der Waals surface area contributed by atoms with E-state index in [9.17, 15) is 9.59 Å². The van der Waals surface area contributed by atoms with Gasteiger partial charge in [0.1, 0.15) is 23.7 Å². The van der Waals surface area contributed by atoms with Crippen LogP contribution in [0.2, 0.25) is 0 Å². The molecule has 2 aliphatic rings. The minimum atomic E-state index is -0.195. The van der Waals surface area contributed by atoms with Crippen molar-refractivity contribution in [3.05, 3.63) is 35.9 Å². The minimum absolute atomic E-state index is 0.0347. The number of ether oxygens (including phenoxy) is 2. The van der Waals surface area contributed by atoms with Crippen LogP contribution in [0.15, 0.2) is 24.5 Å². The Morgan fingerprint density at radius 3 is 2.47 bits per heavy atom. The van der Waals surface area contributed by atoms with Crippen LogP contribution in [-0.4, -0.2) is 76.8 Å². The van der Waals surface area contributed by atoms with E-state index in [-0.39, 0.29) is 35.5 Å². The molecule has 3 heterocycles. The van der Waals surface area contributed by atoms with Gasteiger partial charge in [0.15, 0.2) is 0 Å². The van der Waals surface area contributed by atoms with Crippen molar-refractivity contribution in [2.24, 2.45) is 18.4 Å². The number of carbonyl (C=O) groups is 2. The predicted octanol–water partition coefficient (Wildman–Crippen LogP) is 1.49. The van der Waals surface area contributed by atoms with Crippen LogP contribution in [-0.2, 0) is 23.1 Å². The number of carbonyl (C=O) groups excluding carboxylic acids is 2. The molecule has 9 nitrogen and oxygen atoms in total. The highest BCUT2D eigenvalue weighted by Crippen LogP contribution is 2.49. The molecule has 1 aromatic carbocycles. The molecule has 172 valence electrons. The smallest absolute Gasteiger partial charge is 0.227 e. The molecule has 0 radical (unpaired) electrons. The Labute approximate surface area is 188 Å². The molecule has 1 aromatic heterocycles. The standard InChI is InChI=1S/C23H31N5O4/c1-15(2)22(30)27-10-18(21-25-24-14-26(21)3)23(11-27)12-28(13-23)20(29)9-16-8-17(31-4)6-7-19(16)32-5/h6-8,14-15,18H,9-13H2,1-5H3. The summed E-state index contributed by atoms with van der Waals surface area (Å²) in [7, 11) is 5.12. The molecular weight excluding hydrogens is 410 g/mol. The fraction of sp³-hybridized carbons (Fsp3) is 0.565. The molecule has 1 unspecified atom stereocenters. The molecule has 2 fully saturated rings. The molecule has 2 aromatic rings. The van der Waals surface area contributed by atoms with Gasteiger partial charge in [-0.15, -0.1) is 10.2 Å². The largest absolute Gasteiger partial charge is 0.497 e. The van der Waals surface area contributed by atoms with E-state index in [2.05, 4.69) is 10.2 Å². The molecule has 2 saturated heterocycles. The Hall–Kier alpha value is -3.10. The summed E-state index contributed by atoms with van der Waals surface area (Å²) in [6.45, 7) is 6.27. The number of methoxy groups -OCH3 is 2. The van der Waals surface area contributed by atoms with Crippen molar-refractivity contribution in [1.29, 1.82) is 0 Å². The summed E-state index contributed by atoms with van der Waals surface area (Å²) in [5.41, 5.74) is 0.602. The van der Waals surface area contributed by atoms with E-state index in [1.165, 1.54) is 0 Å². The van der Waals surface area contributed by atoms with Crippen molar-refractivity contribution < 1.29 is 19.1 Å². The Morgan fingerprint density at radius 2 is 1.88 bits per heavy atom. The molecule has 2 amide bonds. The monoisotopic (exact) mass is 441 g/mol. The van der Waals surface area contributed by atoms with Crippen molar-refractivity contribution >= 4 is 11.8 Å². The maximum atomic E-state index is 13.1. The van der Waals surface area contributed by atoms with Crippen molar-refractivity contribution in [2.45, 2.75) is 26.2 Å². The lowest BCUT2D eigenvalue weighted by Gasteiger charge is -2.50. The SMILES string of the molecule is COc1ccc(OC)c(CC(=O)N2CC3(C2)CN(C(=O)C(C)C)CC3c2nncn2C)c1. The summed E-state index contributed by atoms with van der Waals surface area (Å²) < 4.78 is 12.6. The second-order valence-corrected chi connectivity index (χ2v) is 9.19. The number of nitrogens with zero attached hydrogens (tertiary/aromatic N) is 5. The van der Waals surface area contributed by atoms with Gasteiger partial charge in [-0.05, 0) is 18.2 Å². The highest BCUT2D eigenvalue weighted by molar-refractivity contribution is 5.81. The number of likely N-dealkylation sites (tertiary alicyclic amines) is 2. The summed E-state index contributed by atoms with van der Waals surface area (Å²) in [6.07, 6.45) is 1.92. The van der Waals surface area contributed by atoms with Crippen LogP contribution in [0.3, 0.4) is 0 Å². The average molecular weight is 442 g/mol. The third-order valence-electron chi connectivity index (χ3n) is 6.71. The molecule has 0 bridgehead atoms. The van der Waals surface area contributed by atoms with Gasteiger partial charge in [-0.25, -0.2) is 0 Å². The molecule has 4 rings (SSSR count). The van der Waals surface area contributed by atoms with Crippen LogP contribution in [0, 0.1) is 11.3 Å². The minimum Gasteiger partial charge on any atom is -0.497 e. The molecule has 32 heavy (non-hydrogen) atoms. The first kappa shape index (κ1) is 22.1. The lowest BCUT2D eigenvalue weighted by molar-refractivity contribution is -0.143. The van der Waals surface area contributed by atoms with Gasteiger partial charge >= 0.3 is 0 Å². The van der Waals surface area contributed by atoms with Gasteiger partial charge in [-0.1, -0.05) is 13.8 Å². The fourth-order valence-corrected chi connectivity index (χ4v) is 4.97. The van der Waals surface area contributed by atoms with Gasteiger partial charge in [0.25, 0.3) is 0 Å². The van der Waals surface area contributed by atoms with Crippen molar-refractivity contribution in [3.8, 4) is 11.5 Å². The first-order valence-corrected chi connectivity index (χ1v) is 10.9. The highest BCUT2D eigenvalue weighted by atomic mass is 16.5. The van der Waals surface area contributed by atoms with Crippen LogP contribution >= 0.6 is 0 Å². The average Bonchev–Trinajstić information content (AvgIpc) is 3.35. The molecule has 1 atom stereocenters. The van der Waals surface area contributed by atoms with E-state index in [0.717, 1.165) is 11.4 Å². The first-order valence-electron chi connectivity index (χ1n) is 10.9. The molecule has 9 heteroatoms. The fourth-order valence-electron chi connectivity index (χ4n) is 4.97. The van der Waals surface area contributed by atoms with E-state index < -0.39 is 0 Å². The van der Waals surface area contributed by atoms with Crippen LogP contribution in [0.25, 0.3) is 0 Å². The lowest BCUT2D eigenvalue weighted by Crippen LogP contribution is -2.62. The third kappa shape index (κ3) is 3.80. The summed E-state index contributed by atoms with van der Waals surface area (Å²) in [5, 5.41) is 8.38. The third-order valence-corrected chi connectivity index (χ3v) is 6.71. The van der Waals surface area contributed by atoms with Gasteiger partial charge in [0.2, 0.25) is 11.8 Å². The number of hydrogen-bond acceptors (Lipinski definition) is 6. The van der Waals surface area contributed by atoms with Crippen LogP contribution in [0.5, 0.6) is 11.5 Å². The molecule has 0 saturated carbocycles. The summed E-state index contributed by atoms with van der Waals surface area (Å²) in [5.74, 6) is 2.38. The van der Waals surface area contributed by atoms with Gasteiger partial charge in [-0.2, -0.15) is 0 Å². The number of aryl methyl sites for hydroxylation is 1. The van der Waals surface area contributed by atoms with Gasteiger partial charge in [-0.3, -0.25) is 9.59 Å². The lowest BCUT2D eigenvalue weighted by atomic mass is 9.71. The second kappa shape index (κ2) is 8.44. The Bertz CT molecular complexity index is 1010. The zero-order valence-corrected chi connectivity index (χ0v) is 19.4.